The third kappa shape index (κ3) is 5.53. The number of hydrogen-bond acceptors (Lipinski definition) is 4. The van der Waals surface area contributed by atoms with Gasteiger partial charge in [-0.05, 0) is 43.0 Å². The molecule has 0 spiro atoms. The van der Waals surface area contributed by atoms with Gasteiger partial charge in [0.05, 0.1) is 11.3 Å². The number of nitrogens with one attached hydrogen (secondary N) is 3. The maximum Gasteiger partial charge on any atom is 0.325 e. The molecule has 0 saturated carbocycles. The molecule has 5 amide bonds. The largest absolute Gasteiger partial charge is 0.352 e. The van der Waals surface area contributed by atoms with E-state index in [1.165, 1.54) is 0 Å². The van der Waals surface area contributed by atoms with E-state index in [1.807, 2.05) is 68.4 Å². The van der Waals surface area contributed by atoms with Gasteiger partial charge in [-0.15, -0.1) is 0 Å². The maximum absolute atomic E-state index is 13.4. The summed E-state index contributed by atoms with van der Waals surface area (Å²) >= 11 is 0. The molecular weight excluding hydrogens is 468 g/mol. The van der Waals surface area contributed by atoms with Crippen molar-refractivity contribution in [1.82, 2.24) is 15.5 Å². The van der Waals surface area contributed by atoms with Crippen LogP contribution in [-0.2, 0) is 21.5 Å². The van der Waals surface area contributed by atoms with E-state index in [0.717, 1.165) is 16.0 Å². The Morgan fingerprint density at radius 3 is 2.30 bits per heavy atom. The van der Waals surface area contributed by atoms with Gasteiger partial charge in [-0.25, -0.2) is 4.79 Å². The Kier molecular flexibility index (Phi) is 7.67. The molecule has 190 valence electrons. The van der Waals surface area contributed by atoms with E-state index in [-0.39, 0.29) is 5.91 Å². The van der Waals surface area contributed by atoms with E-state index in [0.29, 0.717) is 36.2 Å². The monoisotopic (exact) mass is 498 g/mol. The SMILES string of the molecule is CCC1(c2ccc(C)cc2)NC(=O)N(CC(=O)Nc2ccccc2C(=O)NCCc2ccccc2)C1=O. The molecule has 1 aliphatic heterocycles. The predicted molar refractivity (Wildman–Crippen MR) is 141 cm³/mol. The van der Waals surface area contributed by atoms with Gasteiger partial charge in [0.15, 0.2) is 0 Å². The van der Waals surface area contributed by atoms with E-state index in [2.05, 4.69) is 16.0 Å². The zero-order valence-electron chi connectivity index (χ0n) is 20.9. The summed E-state index contributed by atoms with van der Waals surface area (Å²) in [4.78, 5) is 52.7. The number of hydrogen-bond donors (Lipinski definition) is 3. The van der Waals surface area contributed by atoms with Crippen molar-refractivity contribution in [3.8, 4) is 0 Å². The molecule has 8 nitrogen and oxygen atoms in total. The van der Waals surface area contributed by atoms with Crippen molar-refractivity contribution in [3.63, 3.8) is 0 Å². The number of rotatable bonds is 9. The van der Waals surface area contributed by atoms with E-state index in [4.69, 9.17) is 0 Å². The molecule has 37 heavy (non-hydrogen) atoms. The highest BCUT2D eigenvalue weighted by Crippen LogP contribution is 2.32. The average molecular weight is 499 g/mol. The molecule has 0 radical (unpaired) electrons. The molecule has 0 aliphatic carbocycles. The highest BCUT2D eigenvalue weighted by Gasteiger charge is 2.51. The predicted octanol–water partition coefficient (Wildman–Crippen LogP) is 3.76. The van der Waals surface area contributed by atoms with Crippen molar-refractivity contribution in [3.05, 3.63) is 101 Å². The number of benzene rings is 3. The van der Waals surface area contributed by atoms with Crippen LogP contribution in [0, 0.1) is 6.92 Å². The van der Waals surface area contributed by atoms with Gasteiger partial charge in [-0.3, -0.25) is 19.3 Å². The number of anilines is 1. The van der Waals surface area contributed by atoms with Crippen LogP contribution in [0.3, 0.4) is 0 Å². The third-order valence-corrected chi connectivity index (χ3v) is 6.54. The van der Waals surface area contributed by atoms with E-state index >= 15 is 0 Å². The first-order valence-electron chi connectivity index (χ1n) is 12.3. The van der Waals surface area contributed by atoms with Crippen molar-refractivity contribution in [2.45, 2.75) is 32.2 Å². The first kappa shape index (κ1) is 25.6. The molecule has 4 rings (SSSR count). The van der Waals surface area contributed by atoms with Crippen LogP contribution in [0.5, 0.6) is 0 Å². The highest BCUT2D eigenvalue weighted by atomic mass is 16.2. The molecular formula is C29H30N4O4. The number of imide groups is 1. The second-order valence-electron chi connectivity index (χ2n) is 9.03. The normalized spacial score (nSPS) is 16.9. The molecule has 3 N–H and O–H groups in total. The molecule has 1 aliphatic rings. The van der Waals surface area contributed by atoms with Gasteiger partial charge in [-0.1, -0.05) is 79.2 Å². The molecule has 1 saturated heterocycles. The lowest BCUT2D eigenvalue weighted by Gasteiger charge is -2.26. The smallest absolute Gasteiger partial charge is 0.325 e. The zero-order chi connectivity index (χ0) is 26.4. The van der Waals surface area contributed by atoms with E-state index in [9.17, 15) is 19.2 Å². The number of para-hydroxylation sites is 1. The summed E-state index contributed by atoms with van der Waals surface area (Å²) in [5.74, 6) is -1.39. The van der Waals surface area contributed by atoms with Crippen molar-refractivity contribution in [2.75, 3.05) is 18.4 Å². The van der Waals surface area contributed by atoms with Gasteiger partial charge in [0.25, 0.3) is 11.8 Å². The Labute approximate surface area is 216 Å². The molecule has 0 bridgehead atoms. The lowest BCUT2D eigenvalue weighted by atomic mass is 9.87. The van der Waals surface area contributed by atoms with Crippen LogP contribution in [0.1, 0.15) is 40.4 Å². The first-order chi connectivity index (χ1) is 17.8. The first-order valence-corrected chi connectivity index (χ1v) is 12.3. The van der Waals surface area contributed by atoms with Gasteiger partial charge >= 0.3 is 6.03 Å². The van der Waals surface area contributed by atoms with Gasteiger partial charge < -0.3 is 16.0 Å². The van der Waals surface area contributed by atoms with Crippen molar-refractivity contribution >= 4 is 29.4 Å². The topological polar surface area (TPSA) is 108 Å². The van der Waals surface area contributed by atoms with Gasteiger partial charge in [-0.2, -0.15) is 0 Å². The number of carbonyl (C=O) groups excluding carboxylic acids is 4. The summed E-state index contributed by atoms with van der Waals surface area (Å²) < 4.78 is 0. The Morgan fingerprint density at radius 1 is 0.919 bits per heavy atom. The van der Waals surface area contributed by atoms with Crippen molar-refractivity contribution in [2.24, 2.45) is 0 Å². The molecule has 1 fully saturated rings. The number of amides is 5. The quantitative estimate of drug-likeness (QED) is 0.391. The van der Waals surface area contributed by atoms with Crippen LogP contribution >= 0.6 is 0 Å². The minimum atomic E-state index is -1.22. The zero-order valence-corrected chi connectivity index (χ0v) is 20.9. The van der Waals surface area contributed by atoms with Crippen LogP contribution in [0.15, 0.2) is 78.9 Å². The second kappa shape index (κ2) is 11.1. The number of aryl methyl sites for hydroxylation is 1. The molecule has 0 aromatic heterocycles. The standard InChI is InChI=1S/C29H30N4O4/c1-3-29(22-15-13-20(2)14-16-22)27(36)33(28(37)32-29)19-25(34)31-24-12-8-7-11-23(24)26(35)30-18-17-21-9-5-4-6-10-21/h4-16H,3,17-19H2,1-2H3,(H,30,35)(H,31,34)(H,32,37). The van der Waals surface area contributed by atoms with Crippen LogP contribution < -0.4 is 16.0 Å². The Hall–Kier alpha value is -4.46. The fourth-order valence-electron chi connectivity index (χ4n) is 4.43. The second-order valence-corrected chi connectivity index (χ2v) is 9.03. The van der Waals surface area contributed by atoms with Crippen molar-refractivity contribution < 1.29 is 19.2 Å². The summed E-state index contributed by atoms with van der Waals surface area (Å²) in [5.41, 5.74) is 2.18. The molecule has 1 unspecified atom stereocenters. The van der Waals surface area contributed by atoms with Gasteiger partial charge in [0.2, 0.25) is 5.91 Å². The summed E-state index contributed by atoms with van der Waals surface area (Å²) in [7, 11) is 0. The third-order valence-electron chi connectivity index (χ3n) is 6.54. The average Bonchev–Trinajstić information content (AvgIpc) is 3.15. The summed E-state index contributed by atoms with van der Waals surface area (Å²) in [5, 5.41) is 8.34. The maximum atomic E-state index is 13.4. The fourth-order valence-corrected chi connectivity index (χ4v) is 4.43. The van der Waals surface area contributed by atoms with Crippen LogP contribution in [0.25, 0.3) is 0 Å². The van der Waals surface area contributed by atoms with Crippen LogP contribution in [-0.4, -0.2) is 41.7 Å². The highest BCUT2D eigenvalue weighted by molar-refractivity contribution is 6.11. The van der Waals surface area contributed by atoms with E-state index in [1.54, 1.807) is 24.3 Å². The summed E-state index contributed by atoms with van der Waals surface area (Å²) in [6.45, 7) is 3.72. The molecule has 1 heterocycles. The Morgan fingerprint density at radius 2 is 1.59 bits per heavy atom. The molecule has 1 atom stereocenters. The van der Waals surface area contributed by atoms with E-state index < -0.39 is 29.9 Å². The van der Waals surface area contributed by atoms with Gasteiger partial charge in [0.1, 0.15) is 12.1 Å². The summed E-state index contributed by atoms with van der Waals surface area (Å²) in [6, 6.07) is 23.2. The van der Waals surface area contributed by atoms with Crippen LogP contribution in [0.4, 0.5) is 10.5 Å². The molecule has 3 aromatic rings. The molecule has 8 heteroatoms. The lowest BCUT2D eigenvalue weighted by molar-refractivity contribution is -0.134. The van der Waals surface area contributed by atoms with Crippen molar-refractivity contribution in [1.29, 1.82) is 0 Å². The van der Waals surface area contributed by atoms with Gasteiger partial charge in [0, 0.05) is 6.54 Å². The minimum Gasteiger partial charge on any atom is -0.352 e. The summed E-state index contributed by atoms with van der Waals surface area (Å²) in [6.07, 6.45) is 1.01. The Bertz CT molecular complexity index is 1310. The molecule has 3 aromatic carbocycles. The Balaban J connectivity index is 1.42. The minimum absolute atomic E-state index is 0.295. The fraction of sp³-hybridized carbons (Fsp3) is 0.241. The number of nitrogens with zero attached hydrogens (tertiary/aromatic N) is 1. The van der Waals surface area contributed by atoms with Crippen LogP contribution in [0.2, 0.25) is 0 Å². The number of urea groups is 1. The number of carbonyl (C=O) groups is 4. The lowest BCUT2D eigenvalue weighted by Crippen LogP contribution is -2.44.